The summed E-state index contributed by atoms with van der Waals surface area (Å²) in [6.45, 7) is 8.30. The number of carbonyl (C=O) groups excluding carboxylic acids is 1. The first-order valence-corrected chi connectivity index (χ1v) is 13.1. The van der Waals surface area contributed by atoms with Gasteiger partial charge in [-0.05, 0) is 52.2 Å². The lowest BCUT2D eigenvalue weighted by molar-refractivity contribution is 0.0201. The number of carbonyl (C=O) groups is 1. The molecule has 2 aliphatic heterocycles. The van der Waals surface area contributed by atoms with E-state index in [1.165, 1.54) is 4.57 Å². The van der Waals surface area contributed by atoms with Crippen LogP contribution in [0.15, 0.2) is 17.1 Å². The van der Waals surface area contributed by atoms with Gasteiger partial charge in [0, 0.05) is 31.7 Å². The van der Waals surface area contributed by atoms with Crippen molar-refractivity contribution in [2.24, 2.45) is 0 Å². The summed E-state index contributed by atoms with van der Waals surface area (Å²) in [4.78, 5) is 43.3. The maximum absolute atomic E-state index is 15.4. The monoisotopic (exact) mass is 542 g/mol. The van der Waals surface area contributed by atoms with E-state index in [0.717, 1.165) is 24.1 Å². The number of hydrogen-bond acceptors (Lipinski definition) is 8. The molecule has 200 valence electrons. The third-order valence-electron chi connectivity index (χ3n) is 7.03. The van der Waals surface area contributed by atoms with Crippen LogP contribution < -0.4 is 15.3 Å². The fourth-order valence-corrected chi connectivity index (χ4v) is 5.33. The normalized spacial score (nSPS) is 19.2. The zero-order chi connectivity index (χ0) is 26.9. The van der Waals surface area contributed by atoms with E-state index < -0.39 is 34.4 Å². The first kappa shape index (κ1) is 24.8. The number of amides is 1. The van der Waals surface area contributed by atoms with Crippen LogP contribution in [0.2, 0.25) is 5.15 Å². The molecule has 1 saturated carbocycles. The molecule has 0 unspecified atom stereocenters. The van der Waals surface area contributed by atoms with E-state index in [0.29, 0.717) is 18.8 Å². The Hall–Kier alpha value is -3.47. The van der Waals surface area contributed by atoms with Gasteiger partial charge in [0.25, 0.3) is 0 Å². The summed E-state index contributed by atoms with van der Waals surface area (Å²) in [6, 6.07) is 1.43. The highest BCUT2D eigenvalue weighted by Crippen LogP contribution is 2.44. The lowest BCUT2D eigenvalue weighted by Gasteiger charge is -2.41. The van der Waals surface area contributed by atoms with Crippen molar-refractivity contribution in [1.29, 1.82) is 0 Å². The van der Waals surface area contributed by atoms with E-state index in [2.05, 4.69) is 15.0 Å². The fourth-order valence-electron chi connectivity index (χ4n) is 5.16. The average Bonchev–Trinajstić information content (AvgIpc) is 3.69. The molecule has 12 heteroatoms. The lowest BCUT2D eigenvalue weighted by atomic mass is 10.1. The van der Waals surface area contributed by atoms with Crippen LogP contribution in [-0.2, 0) is 4.74 Å². The molecule has 0 radical (unpaired) electrons. The SMILES string of the molecule is Cc1ccnc(C2CC2)c1-n1c(=O)nc2c3c(c(F)c(Cl)nc31)OC[C@H]1CN(C(=O)OC(C)(C)C)CCN21. The Kier molecular flexibility index (Phi) is 5.75. The van der Waals surface area contributed by atoms with Gasteiger partial charge in [-0.15, -0.1) is 0 Å². The second-order valence-corrected chi connectivity index (χ2v) is 11.4. The molecule has 1 amide bonds. The van der Waals surface area contributed by atoms with Crippen LogP contribution in [0.5, 0.6) is 5.75 Å². The summed E-state index contributed by atoms with van der Waals surface area (Å²) in [5, 5.41) is -0.132. The summed E-state index contributed by atoms with van der Waals surface area (Å²) in [6.07, 6.45) is 3.23. The second kappa shape index (κ2) is 8.79. The smallest absolute Gasteiger partial charge is 0.410 e. The number of piperazine rings is 1. The molecular formula is C26H28ClFN6O4. The van der Waals surface area contributed by atoms with Gasteiger partial charge in [0.2, 0.25) is 5.82 Å². The minimum atomic E-state index is -0.818. The minimum Gasteiger partial charge on any atom is -0.487 e. The number of nitrogens with zero attached hydrogens (tertiary/aromatic N) is 6. The summed E-state index contributed by atoms with van der Waals surface area (Å²) in [5.74, 6) is -0.426. The standard InChI is InChI=1S/C26H28ClFN6O4/c1-13-7-8-29-18(14-5-6-14)19(13)34-23-16-20(17(28)21(27)30-23)37-12-15-11-32(25(36)38-26(2,3)4)9-10-33(15)22(16)31-24(34)35/h7-8,14-15H,5-6,9-12H2,1-4H3/t15-/m1/s1. The topological polar surface area (TPSA) is 103 Å². The summed E-state index contributed by atoms with van der Waals surface area (Å²) in [7, 11) is 0. The molecule has 1 atom stereocenters. The fraction of sp³-hybridized carbons (Fsp3) is 0.500. The third kappa shape index (κ3) is 4.13. The number of ether oxygens (including phenoxy) is 2. The number of aromatic nitrogens is 4. The Bertz CT molecular complexity index is 1530. The molecule has 5 heterocycles. The third-order valence-corrected chi connectivity index (χ3v) is 7.28. The number of hydrogen-bond donors (Lipinski definition) is 0. The zero-order valence-electron chi connectivity index (χ0n) is 21.6. The van der Waals surface area contributed by atoms with Gasteiger partial charge < -0.3 is 19.3 Å². The van der Waals surface area contributed by atoms with E-state index in [4.69, 9.17) is 21.1 Å². The molecule has 0 aromatic carbocycles. The van der Waals surface area contributed by atoms with Gasteiger partial charge in [0.05, 0.1) is 17.4 Å². The highest BCUT2D eigenvalue weighted by Gasteiger charge is 2.39. The van der Waals surface area contributed by atoms with Crippen molar-refractivity contribution in [2.75, 3.05) is 31.1 Å². The first-order chi connectivity index (χ1) is 18.0. The molecular weight excluding hydrogens is 515 g/mol. The van der Waals surface area contributed by atoms with Gasteiger partial charge in [-0.3, -0.25) is 4.98 Å². The Morgan fingerprint density at radius 1 is 1.24 bits per heavy atom. The van der Waals surface area contributed by atoms with Crippen molar-refractivity contribution in [1.82, 2.24) is 24.4 Å². The molecule has 2 fully saturated rings. The number of fused-ring (bicyclic) bond motifs is 2. The number of halogens is 2. The van der Waals surface area contributed by atoms with Crippen molar-refractivity contribution >= 4 is 34.5 Å². The van der Waals surface area contributed by atoms with Gasteiger partial charge in [-0.1, -0.05) is 11.6 Å². The quantitative estimate of drug-likeness (QED) is 0.448. The van der Waals surface area contributed by atoms with Crippen molar-refractivity contribution < 1.29 is 18.7 Å². The van der Waals surface area contributed by atoms with Crippen molar-refractivity contribution in [3.05, 3.63) is 45.0 Å². The van der Waals surface area contributed by atoms with Crippen LogP contribution in [0.25, 0.3) is 16.7 Å². The highest BCUT2D eigenvalue weighted by molar-refractivity contribution is 6.30. The summed E-state index contributed by atoms with van der Waals surface area (Å²) < 4.78 is 28.3. The van der Waals surface area contributed by atoms with Crippen LogP contribution in [-0.4, -0.2) is 68.4 Å². The van der Waals surface area contributed by atoms with Gasteiger partial charge in [0.15, 0.2) is 16.5 Å². The Morgan fingerprint density at radius 2 is 2.00 bits per heavy atom. The number of pyridine rings is 2. The molecule has 38 heavy (non-hydrogen) atoms. The maximum atomic E-state index is 15.4. The molecule has 1 saturated heterocycles. The number of rotatable bonds is 2. The van der Waals surface area contributed by atoms with Gasteiger partial charge in [-0.2, -0.15) is 9.37 Å². The molecule has 10 nitrogen and oxygen atoms in total. The Balaban J connectivity index is 1.51. The molecule has 6 rings (SSSR count). The minimum absolute atomic E-state index is 0.0510. The number of anilines is 1. The second-order valence-electron chi connectivity index (χ2n) is 11.0. The first-order valence-electron chi connectivity index (χ1n) is 12.7. The van der Waals surface area contributed by atoms with Gasteiger partial charge >= 0.3 is 11.8 Å². The van der Waals surface area contributed by atoms with E-state index >= 15 is 4.39 Å². The van der Waals surface area contributed by atoms with Gasteiger partial charge in [0.1, 0.15) is 23.4 Å². The van der Waals surface area contributed by atoms with Crippen molar-refractivity contribution in [3.63, 3.8) is 0 Å². The molecule has 0 bridgehead atoms. The molecule has 0 spiro atoms. The Labute approximate surface area is 223 Å². The van der Waals surface area contributed by atoms with Crippen molar-refractivity contribution in [2.45, 2.75) is 58.1 Å². The van der Waals surface area contributed by atoms with E-state index in [-0.39, 0.29) is 41.7 Å². The number of aryl methyl sites for hydroxylation is 1. The summed E-state index contributed by atoms with van der Waals surface area (Å²) >= 11 is 6.25. The van der Waals surface area contributed by atoms with E-state index in [9.17, 15) is 9.59 Å². The van der Waals surface area contributed by atoms with Crippen LogP contribution >= 0.6 is 11.6 Å². The predicted molar refractivity (Wildman–Crippen MR) is 139 cm³/mol. The molecule has 3 aromatic rings. The maximum Gasteiger partial charge on any atom is 0.410 e. The van der Waals surface area contributed by atoms with E-state index in [1.807, 2.05) is 17.9 Å². The van der Waals surface area contributed by atoms with E-state index in [1.54, 1.807) is 31.9 Å². The average molecular weight is 543 g/mol. The largest absolute Gasteiger partial charge is 0.487 e. The molecule has 0 N–H and O–H groups in total. The molecule has 1 aliphatic carbocycles. The molecule has 3 aliphatic rings. The molecule has 3 aromatic heterocycles. The van der Waals surface area contributed by atoms with Crippen molar-refractivity contribution in [3.8, 4) is 11.4 Å². The summed E-state index contributed by atoms with van der Waals surface area (Å²) in [5.41, 5.74) is 1.15. The van der Waals surface area contributed by atoms with Crippen LogP contribution in [0, 0.1) is 12.7 Å². The lowest BCUT2D eigenvalue weighted by Crippen LogP contribution is -2.57. The van der Waals surface area contributed by atoms with Gasteiger partial charge in [-0.25, -0.2) is 19.1 Å². The zero-order valence-corrected chi connectivity index (χ0v) is 22.4. The van der Waals surface area contributed by atoms with Crippen LogP contribution in [0.1, 0.15) is 50.8 Å². The van der Waals surface area contributed by atoms with Crippen LogP contribution in [0.4, 0.5) is 15.0 Å². The van der Waals surface area contributed by atoms with Crippen LogP contribution in [0.3, 0.4) is 0 Å². The predicted octanol–water partition coefficient (Wildman–Crippen LogP) is 3.97. The Morgan fingerprint density at radius 3 is 2.71 bits per heavy atom. The highest BCUT2D eigenvalue weighted by atomic mass is 35.5.